The van der Waals surface area contributed by atoms with Gasteiger partial charge in [-0.3, -0.25) is 10.2 Å². The maximum Gasteiger partial charge on any atom is 0.283 e. The van der Waals surface area contributed by atoms with E-state index in [0.29, 0.717) is 28.8 Å². The fourth-order valence-corrected chi connectivity index (χ4v) is 4.18. The molecular weight excluding hydrogens is 424 g/mol. The minimum atomic E-state index is -0.441. The van der Waals surface area contributed by atoms with Crippen LogP contribution >= 0.6 is 11.8 Å². The molecule has 2 aliphatic heterocycles. The first-order valence-corrected chi connectivity index (χ1v) is 11.2. The summed E-state index contributed by atoms with van der Waals surface area (Å²) in [6.07, 6.45) is 4.52. The molecule has 0 saturated heterocycles. The predicted octanol–water partition coefficient (Wildman–Crippen LogP) is 5.08. The number of hydrogen-bond acceptors (Lipinski definition) is 6. The predicted molar refractivity (Wildman–Crippen MR) is 128 cm³/mol. The largest absolute Gasteiger partial charge is 0.493 e. The average molecular weight is 449 g/mol. The van der Waals surface area contributed by atoms with Gasteiger partial charge < -0.3 is 9.47 Å². The first-order chi connectivity index (χ1) is 15.6. The van der Waals surface area contributed by atoms with E-state index >= 15 is 0 Å². The molecule has 0 spiro atoms. The van der Waals surface area contributed by atoms with Crippen molar-refractivity contribution in [3.05, 3.63) is 65.2 Å². The van der Waals surface area contributed by atoms with Crippen molar-refractivity contribution in [1.29, 1.82) is 5.41 Å². The van der Waals surface area contributed by atoms with Crippen molar-refractivity contribution in [1.82, 2.24) is 5.01 Å². The molecule has 0 unspecified atom stereocenters. The number of unbranched alkanes of at least 4 members (excludes halogenated alkanes) is 1. The number of nitrogens with one attached hydrogen (secondary N) is 1. The third-order valence-electron chi connectivity index (χ3n) is 4.98. The highest BCUT2D eigenvalue weighted by molar-refractivity contribution is 8.26. The van der Waals surface area contributed by atoms with Crippen molar-refractivity contribution in [3.63, 3.8) is 0 Å². The number of carbonyl (C=O) groups is 1. The molecule has 32 heavy (non-hydrogen) atoms. The standard InChI is InChI=1S/C24H24N4O3S/c1-3-4-10-21-27-28-22(25)18(23(29)26-24(28)32-21)13-17-11-12-19(20(14-17)30-2)31-15-16-8-6-5-7-9-16/h5-9,11-14,25H,3-4,10,15H2,1-2H3/b18-13-,25-22?. The first kappa shape index (κ1) is 21.8. The van der Waals surface area contributed by atoms with Gasteiger partial charge in [0.15, 0.2) is 17.3 Å². The first-order valence-electron chi connectivity index (χ1n) is 10.4. The van der Waals surface area contributed by atoms with Gasteiger partial charge in [-0.05, 0) is 53.9 Å². The van der Waals surface area contributed by atoms with Crippen LogP contribution in [0.3, 0.4) is 0 Å². The van der Waals surface area contributed by atoms with E-state index in [9.17, 15) is 4.79 Å². The maximum absolute atomic E-state index is 12.6. The zero-order valence-corrected chi connectivity index (χ0v) is 18.8. The van der Waals surface area contributed by atoms with E-state index in [1.165, 1.54) is 16.8 Å². The topological polar surface area (TPSA) is 87.3 Å². The van der Waals surface area contributed by atoms with E-state index in [-0.39, 0.29) is 11.4 Å². The van der Waals surface area contributed by atoms with Gasteiger partial charge in [0.25, 0.3) is 5.91 Å². The molecule has 164 valence electrons. The van der Waals surface area contributed by atoms with Crippen molar-refractivity contribution < 1.29 is 14.3 Å². The summed E-state index contributed by atoms with van der Waals surface area (Å²) in [5.74, 6) is 0.738. The highest BCUT2D eigenvalue weighted by Crippen LogP contribution is 2.32. The number of benzene rings is 2. The lowest BCUT2D eigenvalue weighted by Gasteiger charge is -2.20. The van der Waals surface area contributed by atoms with Crippen LogP contribution in [-0.4, -0.2) is 34.1 Å². The van der Waals surface area contributed by atoms with E-state index in [2.05, 4.69) is 17.0 Å². The molecule has 0 aliphatic carbocycles. The second kappa shape index (κ2) is 9.82. The van der Waals surface area contributed by atoms with Crippen molar-refractivity contribution in [2.75, 3.05) is 7.11 Å². The summed E-state index contributed by atoms with van der Waals surface area (Å²) in [5.41, 5.74) is 1.95. The number of fused-ring (bicyclic) bond motifs is 1. The zero-order chi connectivity index (χ0) is 22.5. The monoisotopic (exact) mass is 448 g/mol. The zero-order valence-electron chi connectivity index (χ0n) is 18.0. The van der Waals surface area contributed by atoms with E-state index in [0.717, 1.165) is 29.9 Å². The Morgan fingerprint density at radius 3 is 2.72 bits per heavy atom. The van der Waals surface area contributed by atoms with Gasteiger partial charge in [-0.25, -0.2) is 0 Å². The molecule has 1 N–H and O–H groups in total. The van der Waals surface area contributed by atoms with E-state index in [4.69, 9.17) is 14.9 Å². The number of rotatable bonds is 8. The number of hydrogen-bond donors (Lipinski definition) is 1. The summed E-state index contributed by atoms with van der Waals surface area (Å²) in [5, 5.41) is 15.7. The van der Waals surface area contributed by atoms with Gasteiger partial charge in [-0.15, -0.1) is 0 Å². The Bertz CT molecular complexity index is 1130. The van der Waals surface area contributed by atoms with Crippen LogP contribution in [0.5, 0.6) is 11.5 Å². The molecular formula is C24H24N4O3S. The fourth-order valence-electron chi connectivity index (χ4n) is 3.26. The number of carbonyl (C=O) groups excluding carboxylic acids is 1. The Kier molecular flexibility index (Phi) is 6.70. The Balaban J connectivity index is 1.53. The van der Waals surface area contributed by atoms with Gasteiger partial charge in [0.1, 0.15) is 11.7 Å². The summed E-state index contributed by atoms with van der Waals surface area (Å²) in [4.78, 5) is 16.8. The Morgan fingerprint density at radius 2 is 1.97 bits per heavy atom. The van der Waals surface area contributed by atoms with Gasteiger partial charge in [0.05, 0.1) is 12.7 Å². The Morgan fingerprint density at radius 1 is 1.16 bits per heavy atom. The molecule has 4 rings (SSSR count). The highest BCUT2D eigenvalue weighted by Gasteiger charge is 2.35. The molecule has 0 aromatic heterocycles. The van der Waals surface area contributed by atoms with Crippen LogP contribution in [0.1, 0.15) is 37.3 Å². The highest BCUT2D eigenvalue weighted by atomic mass is 32.2. The van der Waals surface area contributed by atoms with Crippen molar-refractivity contribution in [2.24, 2.45) is 10.1 Å². The fraction of sp³-hybridized carbons (Fsp3) is 0.250. The summed E-state index contributed by atoms with van der Waals surface area (Å²) in [6, 6.07) is 15.3. The van der Waals surface area contributed by atoms with E-state index < -0.39 is 5.91 Å². The second-order valence-electron chi connectivity index (χ2n) is 7.30. The number of amides is 1. The summed E-state index contributed by atoms with van der Waals surface area (Å²) >= 11 is 1.36. The van der Waals surface area contributed by atoms with Gasteiger partial charge in [-0.2, -0.15) is 15.1 Å². The van der Waals surface area contributed by atoms with Gasteiger partial charge in [0, 0.05) is 0 Å². The molecule has 8 heteroatoms. The average Bonchev–Trinajstić information content (AvgIpc) is 3.23. The lowest BCUT2D eigenvalue weighted by Crippen LogP contribution is -2.35. The van der Waals surface area contributed by atoms with Crippen LogP contribution in [-0.2, 0) is 11.4 Å². The van der Waals surface area contributed by atoms with E-state index in [1.54, 1.807) is 25.3 Å². The normalized spacial score (nSPS) is 16.7. The molecule has 0 atom stereocenters. The second-order valence-corrected chi connectivity index (χ2v) is 8.34. The lowest BCUT2D eigenvalue weighted by molar-refractivity contribution is -0.114. The molecule has 0 fully saturated rings. The minimum absolute atomic E-state index is 0.0300. The Labute approximate surface area is 191 Å². The number of hydrazone groups is 1. The summed E-state index contributed by atoms with van der Waals surface area (Å²) in [6.45, 7) is 2.53. The number of amidine groups is 2. The molecule has 2 aromatic carbocycles. The number of ether oxygens (including phenoxy) is 2. The van der Waals surface area contributed by atoms with Crippen LogP contribution < -0.4 is 9.47 Å². The van der Waals surface area contributed by atoms with Gasteiger partial charge in [0.2, 0.25) is 5.17 Å². The molecule has 0 radical (unpaired) electrons. The number of methoxy groups -OCH3 is 1. The summed E-state index contributed by atoms with van der Waals surface area (Å²) in [7, 11) is 1.57. The number of aliphatic imine (C=N–C) groups is 1. The molecule has 1 amide bonds. The lowest BCUT2D eigenvalue weighted by atomic mass is 10.1. The number of nitrogens with zero attached hydrogens (tertiary/aromatic N) is 3. The number of thioether (sulfide) groups is 1. The van der Waals surface area contributed by atoms with Gasteiger partial charge in [-0.1, -0.05) is 49.7 Å². The third-order valence-corrected chi connectivity index (χ3v) is 5.94. The van der Waals surface area contributed by atoms with Crippen molar-refractivity contribution in [3.8, 4) is 11.5 Å². The molecule has 0 bridgehead atoms. The summed E-state index contributed by atoms with van der Waals surface area (Å²) < 4.78 is 11.4. The molecule has 2 heterocycles. The maximum atomic E-state index is 12.6. The SMILES string of the molecule is CCCCC1=NN2C(=N)/C(=C/c3ccc(OCc4ccccc4)c(OC)c3)C(=O)N=C2S1. The van der Waals surface area contributed by atoms with Crippen LogP contribution in [0, 0.1) is 5.41 Å². The third kappa shape index (κ3) is 4.75. The van der Waals surface area contributed by atoms with Crippen molar-refractivity contribution >= 4 is 39.8 Å². The molecule has 0 saturated carbocycles. The minimum Gasteiger partial charge on any atom is -0.493 e. The van der Waals surface area contributed by atoms with Crippen LogP contribution in [0.2, 0.25) is 0 Å². The molecule has 2 aliphatic rings. The van der Waals surface area contributed by atoms with Gasteiger partial charge >= 0.3 is 0 Å². The van der Waals surface area contributed by atoms with E-state index in [1.807, 2.05) is 36.4 Å². The van der Waals surface area contributed by atoms with Crippen LogP contribution in [0.4, 0.5) is 0 Å². The van der Waals surface area contributed by atoms with Crippen LogP contribution in [0.15, 0.2) is 64.2 Å². The van der Waals surface area contributed by atoms with Crippen molar-refractivity contribution in [2.45, 2.75) is 32.8 Å². The molecule has 7 nitrogen and oxygen atoms in total. The molecule has 2 aromatic rings. The quantitative estimate of drug-likeness (QED) is 0.569. The van der Waals surface area contributed by atoms with Crippen LogP contribution in [0.25, 0.3) is 6.08 Å². The Hall–Kier alpha value is -3.39. The smallest absolute Gasteiger partial charge is 0.283 e.